The molecule has 1 N–H and O–H groups in total. The van der Waals surface area contributed by atoms with Crippen LogP contribution < -0.4 is 5.32 Å². The van der Waals surface area contributed by atoms with Crippen LogP contribution >= 0.6 is 24.0 Å². The normalized spacial score (nSPS) is 20.0. The Bertz CT molecular complexity index is 647. The van der Waals surface area contributed by atoms with Crippen molar-refractivity contribution < 1.29 is 9.59 Å². The minimum atomic E-state index is -0.615. The first-order chi connectivity index (χ1) is 11.7. The Kier molecular flexibility index (Phi) is 6.59. The summed E-state index contributed by atoms with van der Waals surface area (Å²) in [5, 5.41) is 2.90. The molecule has 1 atom stereocenters. The molecule has 1 aromatic carbocycles. The molecule has 1 fully saturated rings. The number of carbonyl (C=O) groups excluding carboxylic acids is 2. The minimum absolute atomic E-state index is 0.128. The van der Waals surface area contributed by atoms with Crippen molar-refractivity contribution in [1.29, 1.82) is 0 Å². The van der Waals surface area contributed by atoms with Crippen molar-refractivity contribution in [1.82, 2.24) is 15.1 Å². The molecule has 25 heavy (non-hydrogen) atoms. The summed E-state index contributed by atoms with van der Waals surface area (Å²) in [6.45, 7) is 5.32. The number of hydrogen-bond donors (Lipinski definition) is 1. The SMILES string of the molecule is CN(C)CCCN1C(=O)C(NC(=O)c2ccccc2)C(C)(C)SC1=S. The van der Waals surface area contributed by atoms with Gasteiger partial charge < -0.3 is 10.2 Å². The Hall–Kier alpha value is -1.44. The summed E-state index contributed by atoms with van der Waals surface area (Å²) >= 11 is 6.90. The van der Waals surface area contributed by atoms with E-state index in [0.29, 0.717) is 16.4 Å². The molecule has 1 unspecified atom stereocenters. The number of thioether (sulfide) groups is 1. The standard InChI is InChI=1S/C18H25N3O2S2/c1-18(2)14(19-15(22)13-9-6-5-7-10-13)16(23)21(17(24)25-18)12-8-11-20(3)4/h5-7,9-10,14H,8,11-12H2,1-4H3,(H,19,22). The lowest BCUT2D eigenvalue weighted by atomic mass is 10.0. The Morgan fingerprint density at radius 1 is 1.32 bits per heavy atom. The third-order valence-electron chi connectivity index (χ3n) is 4.08. The summed E-state index contributed by atoms with van der Waals surface area (Å²) in [5.41, 5.74) is 0.545. The van der Waals surface area contributed by atoms with Crippen LogP contribution in [0.1, 0.15) is 30.6 Å². The highest BCUT2D eigenvalue weighted by atomic mass is 32.2. The lowest BCUT2D eigenvalue weighted by Crippen LogP contribution is -2.62. The molecule has 1 aliphatic heterocycles. The number of benzene rings is 1. The monoisotopic (exact) mass is 379 g/mol. The van der Waals surface area contributed by atoms with Crippen LogP contribution in [0.15, 0.2) is 30.3 Å². The molecule has 5 nitrogen and oxygen atoms in total. The predicted octanol–water partition coefficient (Wildman–Crippen LogP) is 2.38. The second kappa shape index (κ2) is 8.29. The van der Waals surface area contributed by atoms with E-state index in [0.717, 1.165) is 13.0 Å². The van der Waals surface area contributed by atoms with Crippen LogP contribution in [0.3, 0.4) is 0 Å². The van der Waals surface area contributed by atoms with Crippen molar-refractivity contribution in [2.45, 2.75) is 31.1 Å². The molecule has 0 aliphatic carbocycles. The number of hydrogen-bond acceptors (Lipinski definition) is 5. The molecule has 1 saturated heterocycles. The molecule has 1 aromatic rings. The fraction of sp³-hybridized carbons (Fsp3) is 0.500. The number of carbonyl (C=O) groups is 2. The third-order valence-corrected chi connectivity index (χ3v) is 5.70. The lowest BCUT2D eigenvalue weighted by molar-refractivity contribution is -0.130. The van der Waals surface area contributed by atoms with Gasteiger partial charge in [-0.1, -0.05) is 42.2 Å². The molecule has 0 saturated carbocycles. The topological polar surface area (TPSA) is 52.6 Å². The van der Waals surface area contributed by atoms with Crippen molar-refractivity contribution in [3.05, 3.63) is 35.9 Å². The fourth-order valence-electron chi connectivity index (χ4n) is 2.67. The van der Waals surface area contributed by atoms with Crippen molar-refractivity contribution in [3.8, 4) is 0 Å². The molecule has 1 heterocycles. The Labute approximate surface area is 159 Å². The van der Waals surface area contributed by atoms with Crippen LogP contribution in [0.5, 0.6) is 0 Å². The van der Waals surface area contributed by atoms with Gasteiger partial charge in [0.05, 0.1) is 0 Å². The highest BCUT2D eigenvalue weighted by molar-refractivity contribution is 8.24. The molecule has 2 rings (SSSR count). The van der Waals surface area contributed by atoms with Crippen LogP contribution in [0, 0.1) is 0 Å². The Morgan fingerprint density at radius 3 is 2.56 bits per heavy atom. The van der Waals surface area contributed by atoms with Gasteiger partial charge in [0.15, 0.2) is 0 Å². The van der Waals surface area contributed by atoms with E-state index < -0.39 is 10.8 Å². The number of nitrogens with zero attached hydrogens (tertiary/aromatic N) is 2. The quantitative estimate of drug-likeness (QED) is 0.769. The van der Waals surface area contributed by atoms with Crippen molar-refractivity contribution >= 4 is 40.1 Å². The van der Waals surface area contributed by atoms with Crippen molar-refractivity contribution in [2.24, 2.45) is 0 Å². The first-order valence-corrected chi connectivity index (χ1v) is 9.50. The summed E-state index contributed by atoms with van der Waals surface area (Å²) < 4.78 is 0.0929. The van der Waals surface area contributed by atoms with Crippen LogP contribution in [-0.2, 0) is 4.79 Å². The van der Waals surface area contributed by atoms with Gasteiger partial charge in [-0.05, 0) is 53.0 Å². The van der Waals surface area contributed by atoms with E-state index in [2.05, 4.69) is 10.2 Å². The van der Waals surface area contributed by atoms with Crippen LogP contribution in [-0.4, -0.2) is 63.9 Å². The van der Waals surface area contributed by atoms with E-state index in [9.17, 15) is 9.59 Å². The molecule has 0 radical (unpaired) electrons. The molecule has 1 aliphatic rings. The van der Waals surface area contributed by atoms with Gasteiger partial charge in [-0.25, -0.2) is 0 Å². The largest absolute Gasteiger partial charge is 0.339 e. The van der Waals surface area contributed by atoms with E-state index in [1.54, 1.807) is 29.2 Å². The average molecular weight is 380 g/mol. The summed E-state index contributed by atoms with van der Waals surface area (Å²) in [5.74, 6) is -0.370. The molecule has 0 aromatic heterocycles. The highest BCUT2D eigenvalue weighted by Crippen LogP contribution is 2.36. The van der Waals surface area contributed by atoms with Crippen LogP contribution in [0.4, 0.5) is 0 Å². The zero-order valence-corrected chi connectivity index (χ0v) is 16.7. The number of thiocarbonyl (C=S) groups is 1. The lowest BCUT2D eigenvalue weighted by Gasteiger charge is -2.42. The zero-order valence-electron chi connectivity index (χ0n) is 15.1. The minimum Gasteiger partial charge on any atom is -0.339 e. The summed E-state index contributed by atoms with van der Waals surface area (Å²) in [4.78, 5) is 29.2. The molecule has 0 spiro atoms. The second-order valence-electron chi connectivity index (χ2n) is 6.89. The van der Waals surface area contributed by atoms with Crippen LogP contribution in [0.25, 0.3) is 0 Å². The van der Waals surface area contributed by atoms with Gasteiger partial charge in [0.2, 0.25) is 0 Å². The van der Waals surface area contributed by atoms with Gasteiger partial charge >= 0.3 is 0 Å². The highest BCUT2D eigenvalue weighted by Gasteiger charge is 2.46. The zero-order chi connectivity index (χ0) is 18.6. The van der Waals surface area contributed by atoms with E-state index in [-0.39, 0.29) is 11.8 Å². The van der Waals surface area contributed by atoms with Gasteiger partial charge in [0.25, 0.3) is 11.8 Å². The number of rotatable bonds is 6. The molecule has 136 valence electrons. The van der Waals surface area contributed by atoms with Gasteiger partial charge in [0.1, 0.15) is 10.4 Å². The van der Waals surface area contributed by atoms with E-state index in [1.807, 2.05) is 34.0 Å². The Morgan fingerprint density at radius 2 is 1.96 bits per heavy atom. The summed E-state index contributed by atoms with van der Waals surface area (Å²) in [6.07, 6.45) is 0.833. The fourth-order valence-corrected chi connectivity index (χ4v) is 4.51. The average Bonchev–Trinajstić information content (AvgIpc) is 2.54. The van der Waals surface area contributed by atoms with E-state index >= 15 is 0 Å². The van der Waals surface area contributed by atoms with Gasteiger partial charge in [0, 0.05) is 16.9 Å². The van der Waals surface area contributed by atoms with Crippen LogP contribution in [0.2, 0.25) is 0 Å². The third kappa shape index (κ3) is 5.03. The maximum Gasteiger partial charge on any atom is 0.252 e. The summed E-state index contributed by atoms with van der Waals surface area (Å²) in [6, 6.07) is 8.33. The van der Waals surface area contributed by atoms with Gasteiger partial charge in [-0.2, -0.15) is 0 Å². The summed E-state index contributed by atoms with van der Waals surface area (Å²) in [7, 11) is 3.99. The first kappa shape index (κ1) is 19.9. The number of nitrogens with one attached hydrogen (secondary N) is 1. The number of amides is 2. The molecule has 0 bridgehead atoms. The maximum atomic E-state index is 13.0. The Balaban J connectivity index is 2.12. The molecular formula is C18H25N3O2S2. The van der Waals surface area contributed by atoms with Gasteiger partial charge in [-0.3, -0.25) is 14.5 Å². The smallest absolute Gasteiger partial charge is 0.252 e. The maximum absolute atomic E-state index is 13.0. The first-order valence-electron chi connectivity index (χ1n) is 8.27. The van der Waals surface area contributed by atoms with Gasteiger partial charge in [-0.15, -0.1) is 0 Å². The van der Waals surface area contributed by atoms with Crippen molar-refractivity contribution in [3.63, 3.8) is 0 Å². The predicted molar refractivity (Wildman–Crippen MR) is 107 cm³/mol. The molecule has 7 heteroatoms. The molecular weight excluding hydrogens is 354 g/mol. The van der Waals surface area contributed by atoms with E-state index in [1.165, 1.54) is 11.8 Å². The van der Waals surface area contributed by atoms with E-state index in [4.69, 9.17) is 12.2 Å². The van der Waals surface area contributed by atoms with Crippen molar-refractivity contribution in [2.75, 3.05) is 27.2 Å². The molecule has 2 amide bonds. The second-order valence-corrected chi connectivity index (χ2v) is 9.18.